The van der Waals surface area contributed by atoms with Crippen molar-refractivity contribution in [1.82, 2.24) is 19.6 Å². The smallest absolute Gasteiger partial charge is 0.288 e. The number of rotatable bonds is 4. The monoisotopic (exact) mass is 348 g/mol. The second-order valence-electron chi connectivity index (χ2n) is 5.42. The Morgan fingerprint density at radius 3 is 2.48 bits per heavy atom. The first-order chi connectivity index (χ1) is 11.2. The Morgan fingerprint density at radius 1 is 1.17 bits per heavy atom. The molecule has 120 valence electrons. The van der Waals surface area contributed by atoms with Crippen molar-refractivity contribution >= 4 is 23.8 Å². The summed E-state index contributed by atoms with van der Waals surface area (Å²) in [6.07, 6.45) is 5.35. The van der Waals surface area contributed by atoms with Crippen LogP contribution in [0.1, 0.15) is 0 Å². The molecule has 2 heterocycles. The van der Waals surface area contributed by atoms with Gasteiger partial charge in [-0.05, 0) is 36.5 Å². The number of hydrogen-bond acceptors (Lipinski definition) is 5. The van der Waals surface area contributed by atoms with Gasteiger partial charge in [-0.2, -0.15) is 0 Å². The SMILES string of the molecule is C#CCN1CCN(Cn2nc(-c3ccc(Cl)cc3)oc2=S)CC1. The molecule has 2 aromatic rings. The van der Waals surface area contributed by atoms with Crippen LogP contribution in [-0.4, -0.2) is 52.3 Å². The van der Waals surface area contributed by atoms with Crippen LogP contribution in [0.4, 0.5) is 0 Å². The van der Waals surface area contributed by atoms with Gasteiger partial charge in [-0.15, -0.1) is 11.5 Å². The van der Waals surface area contributed by atoms with Crippen molar-refractivity contribution < 1.29 is 4.42 Å². The first-order valence-electron chi connectivity index (χ1n) is 7.38. The Hall–Kier alpha value is -1.65. The summed E-state index contributed by atoms with van der Waals surface area (Å²) in [5.41, 5.74) is 0.859. The number of hydrogen-bond donors (Lipinski definition) is 0. The van der Waals surface area contributed by atoms with Crippen LogP contribution in [0.25, 0.3) is 11.5 Å². The molecule has 0 spiro atoms. The van der Waals surface area contributed by atoms with Crippen LogP contribution in [0.3, 0.4) is 0 Å². The van der Waals surface area contributed by atoms with Gasteiger partial charge in [-0.3, -0.25) is 9.80 Å². The third kappa shape index (κ3) is 4.01. The molecule has 0 bridgehead atoms. The van der Waals surface area contributed by atoms with Crippen molar-refractivity contribution in [1.29, 1.82) is 0 Å². The molecule has 0 atom stereocenters. The maximum Gasteiger partial charge on any atom is 0.288 e. The van der Waals surface area contributed by atoms with Gasteiger partial charge < -0.3 is 4.42 Å². The minimum absolute atomic E-state index is 0.376. The Kier molecular flexibility index (Phi) is 5.13. The molecule has 1 aliphatic heterocycles. The van der Waals surface area contributed by atoms with Gasteiger partial charge in [0.25, 0.3) is 4.84 Å². The first-order valence-corrected chi connectivity index (χ1v) is 8.16. The molecule has 7 heteroatoms. The van der Waals surface area contributed by atoms with E-state index >= 15 is 0 Å². The maximum atomic E-state index is 5.90. The summed E-state index contributed by atoms with van der Waals surface area (Å²) in [5, 5.41) is 5.15. The van der Waals surface area contributed by atoms with Gasteiger partial charge in [0.1, 0.15) is 0 Å². The largest absolute Gasteiger partial charge is 0.409 e. The molecular formula is C16H17ClN4OS. The number of piperazine rings is 1. The molecule has 1 fully saturated rings. The zero-order valence-corrected chi connectivity index (χ0v) is 14.2. The number of terminal acetylenes is 1. The lowest BCUT2D eigenvalue weighted by molar-refractivity contribution is 0.110. The summed E-state index contributed by atoms with van der Waals surface area (Å²) < 4.78 is 7.32. The van der Waals surface area contributed by atoms with Crippen molar-refractivity contribution in [3.63, 3.8) is 0 Å². The van der Waals surface area contributed by atoms with E-state index in [1.54, 1.807) is 16.8 Å². The van der Waals surface area contributed by atoms with E-state index in [0.717, 1.165) is 31.7 Å². The first kappa shape index (κ1) is 16.2. The van der Waals surface area contributed by atoms with Gasteiger partial charge in [-0.1, -0.05) is 17.5 Å². The molecule has 3 rings (SSSR count). The zero-order valence-electron chi connectivity index (χ0n) is 12.6. The number of benzene rings is 1. The van der Waals surface area contributed by atoms with Crippen LogP contribution >= 0.6 is 23.8 Å². The second-order valence-corrected chi connectivity index (χ2v) is 6.20. The van der Waals surface area contributed by atoms with Crippen LogP contribution in [0, 0.1) is 17.2 Å². The van der Waals surface area contributed by atoms with E-state index in [2.05, 4.69) is 20.8 Å². The van der Waals surface area contributed by atoms with Crippen LogP contribution < -0.4 is 0 Å². The maximum absolute atomic E-state index is 5.90. The number of aromatic nitrogens is 2. The molecule has 0 unspecified atom stereocenters. The lowest BCUT2D eigenvalue weighted by atomic mass is 10.2. The second kappa shape index (κ2) is 7.28. The molecule has 0 saturated carbocycles. The summed E-state index contributed by atoms with van der Waals surface area (Å²) in [6.45, 7) is 5.12. The van der Waals surface area contributed by atoms with Gasteiger partial charge in [0.2, 0.25) is 5.89 Å². The number of halogens is 1. The van der Waals surface area contributed by atoms with Crippen molar-refractivity contribution in [3.05, 3.63) is 34.1 Å². The summed E-state index contributed by atoms with van der Waals surface area (Å²) >= 11 is 11.2. The normalized spacial score (nSPS) is 16.3. The fraction of sp³-hybridized carbons (Fsp3) is 0.375. The molecule has 1 aromatic carbocycles. The quantitative estimate of drug-likeness (QED) is 0.627. The Bertz CT molecular complexity index is 754. The van der Waals surface area contributed by atoms with Crippen molar-refractivity contribution in [3.8, 4) is 23.8 Å². The van der Waals surface area contributed by atoms with Crippen LogP contribution in [0.2, 0.25) is 5.02 Å². The van der Waals surface area contributed by atoms with Crippen LogP contribution in [-0.2, 0) is 6.67 Å². The molecule has 5 nitrogen and oxygen atoms in total. The van der Waals surface area contributed by atoms with E-state index in [1.807, 2.05) is 12.1 Å². The van der Waals surface area contributed by atoms with Crippen LogP contribution in [0.5, 0.6) is 0 Å². The van der Waals surface area contributed by atoms with E-state index < -0.39 is 0 Å². The van der Waals surface area contributed by atoms with Crippen molar-refractivity contribution in [2.24, 2.45) is 0 Å². The Labute approximate surface area is 145 Å². The van der Waals surface area contributed by atoms with E-state index in [0.29, 0.717) is 29.0 Å². The summed E-state index contributed by atoms with van der Waals surface area (Å²) in [7, 11) is 0. The minimum atomic E-state index is 0.376. The summed E-state index contributed by atoms with van der Waals surface area (Å²) in [4.78, 5) is 4.93. The molecule has 0 radical (unpaired) electrons. The molecule has 0 aliphatic carbocycles. The topological polar surface area (TPSA) is 37.4 Å². The molecule has 1 aromatic heterocycles. The van der Waals surface area contributed by atoms with Gasteiger partial charge in [0.15, 0.2) is 0 Å². The highest BCUT2D eigenvalue weighted by atomic mass is 35.5. The van der Waals surface area contributed by atoms with E-state index in [-0.39, 0.29) is 0 Å². The highest BCUT2D eigenvalue weighted by molar-refractivity contribution is 7.71. The lowest BCUT2D eigenvalue weighted by Gasteiger charge is -2.33. The molecule has 0 N–H and O–H groups in total. The average Bonchev–Trinajstić information content (AvgIpc) is 2.91. The predicted octanol–water partition coefficient (Wildman–Crippen LogP) is 2.73. The Morgan fingerprint density at radius 2 is 1.83 bits per heavy atom. The summed E-state index contributed by atoms with van der Waals surface area (Å²) in [5.74, 6) is 3.20. The minimum Gasteiger partial charge on any atom is -0.409 e. The fourth-order valence-corrected chi connectivity index (χ4v) is 2.82. The summed E-state index contributed by atoms with van der Waals surface area (Å²) in [6, 6.07) is 7.34. The predicted molar refractivity (Wildman–Crippen MR) is 92.6 cm³/mol. The highest BCUT2D eigenvalue weighted by Crippen LogP contribution is 2.20. The third-order valence-electron chi connectivity index (χ3n) is 3.81. The van der Waals surface area contributed by atoms with E-state index in [4.69, 9.17) is 34.7 Å². The third-order valence-corrected chi connectivity index (χ3v) is 4.36. The van der Waals surface area contributed by atoms with Crippen LogP contribution in [0.15, 0.2) is 28.7 Å². The molecular weight excluding hydrogens is 332 g/mol. The zero-order chi connectivity index (χ0) is 16.2. The Balaban J connectivity index is 1.67. The standard InChI is InChI=1S/C16H17ClN4OS/c1-2-7-19-8-10-20(11-9-19)12-21-16(23)22-15(18-21)13-3-5-14(17)6-4-13/h1,3-6H,7-12H2. The number of nitrogens with zero attached hydrogens (tertiary/aromatic N) is 4. The molecule has 23 heavy (non-hydrogen) atoms. The fourth-order valence-electron chi connectivity index (χ4n) is 2.51. The van der Waals surface area contributed by atoms with Gasteiger partial charge in [0.05, 0.1) is 13.2 Å². The molecule has 0 amide bonds. The van der Waals surface area contributed by atoms with Gasteiger partial charge in [-0.25, -0.2) is 4.68 Å². The van der Waals surface area contributed by atoms with Gasteiger partial charge >= 0.3 is 0 Å². The average molecular weight is 349 g/mol. The van der Waals surface area contributed by atoms with Crippen molar-refractivity contribution in [2.45, 2.75) is 6.67 Å². The van der Waals surface area contributed by atoms with E-state index in [1.165, 1.54) is 0 Å². The van der Waals surface area contributed by atoms with E-state index in [9.17, 15) is 0 Å². The molecule has 1 aliphatic rings. The highest BCUT2D eigenvalue weighted by Gasteiger charge is 2.17. The van der Waals surface area contributed by atoms with Crippen molar-refractivity contribution in [2.75, 3.05) is 32.7 Å². The van der Waals surface area contributed by atoms with Gasteiger partial charge in [0, 0.05) is 36.8 Å². The molecule has 1 saturated heterocycles. The lowest BCUT2D eigenvalue weighted by Crippen LogP contribution is -2.46.